The van der Waals surface area contributed by atoms with Crippen molar-refractivity contribution in [3.63, 3.8) is 0 Å². The van der Waals surface area contributed by atoms with Gasteiger partial charge in [-0.25, -0.2) is 4.79 Å². The number of carboxylic acid groups (broad SMARTS) is 1. The maximum absolute atomic E-state index is 11.4. The summed E-state index contributed by atoms with van der Waals surface area (Å²) in [6.07, 6.45) is 4.19. The Kier molecular flexibility index (Phi) is 2.48. The SMILES string of the molecule is CC1CC(C(=O)O)(n2cccn2)CCO1. The summed E-state index contributed by atoms with van der Waals surface area (Å²) >= 11 is 0. The molecule has 1 aromatic heterocycles. The zero-order valence-corrected chi connectivity index (χ0v) is 8.59. The van der Waals surface area contributed by atoms with Crippen molar-refractivity contribution in [2.45, 2.75) is 31.4 Å². The number of aromatic nitrogens is 2. The molecule has 5 heteroatoms. The summed E-state index contributed by atoms with van der Waals surface area (Å²) in [5.41, 5.74) is -0.929. The molecule has 0 aliphatic carbocycles. The molecule has 2 atom stereocenters. The first kappa shape index (κ1) is 10.2. The largest absolute Gasteiger partial charge is 0.479 e. The fourth-order valence-corrected chi connectivity index (χ4v) is 2.09. The molecule has 0 saturated carbocycles. The number of hydrogen-bond donors (Lipinski definition) is 1. The lowest BCUT2D eigenvalue weighted by molar-refractivity contribution is -0.157. The summed E-state index contributed by atoms with van der Waals surface area (Å²) < 4.78 is 6.91. The lowest BCUT2D eigenvalue weighted by atomic mass is 9.87. The standard InChI is InChI=1S/C10H14N2O3/c1-8-7-10(9(13)14,3-6-15-8)12-5-2-4-11-12/h2,4-5,8H,3,6-7H2,1H3,(H,13,14). The number of hydrogen-bond acceptors (Lipinski definition) is 3. The third-order valence-corrected chi connectivity index (χ3v) is 2.88. The number of rotatable bonds is 2. The van der Waals surface area contributed by atoms with Crippen molar-refractivity contribution in [3.05, 3.63) is 18.5 Å². The van der Waals surface area contributed by atoms with Crippen LogP contribution in [-0.2, 0) is 15.1 Å². The molecule has 2 unspecified atom stereocenters. The van der Waals surface area contributed by atoms with Gasteiger partial charge in [0.25, 0.3) is 0 Å². The second-order valence-corrected chi connectivity index (χ2v) is 3.92. The summed E-state index contributed by atoms with van der Waals surface area (Å²) in [5, 5.41) is 13.4. The van der Waals surface area contributed by atoms with Crippen LogP contribution in [0.15, 0.2) is 18.5 Å². The third kappa shape index (κ3) is 1.63. The van der Waals surface area contributed by atoms with Gasteiger partial charge in [-0.15, -0.1) is 0 Å². The average molecular weight is 210 g/mol. The van der Waals surface area contributed by atoms with E-state index in [1.807, 2.05) is 6.92 Å². The zero-order chi connectivity index (χ0) is 10.9. The topological polar surface area (TPSA) is 64.3 Å². The minimum atomic E-state index is -0.929. The van der Waals surface area contributed by atoms with Crippen molar-refractivity contribution in [3.8, 4) is 0 Å². The Hall–Kier alpha value is -1.36. The van der Waals surface area contributed by atoms with E-state index in [0.717, 1.165) is 0 Å². The van der Waals surface area contributed by atoms with E-state index in [-0.39, 0.29) is 6.10 Å². The smallest absolute Gasteiger partial charge is 0.331 e. The number of nitrogens with zero attached hydrogens (tertiary/aromatic N) is 2. The molecule has 2 rings (SSSR count). The Morgan fingerprint density at radius 1 is 1.73 bits per heavy atom. The van der Waals surface area contributed by atoms with Crippen LogP contribution in [0.1, 0.15) is 19.8 Å². The molecule has 1 aromatic rings. The second-order valence-electron chi connectivity index (χ2n) is 3.92. The maximum atomic E-state index is 11.4. The first-order valence-electron chi connectivity index (χ1n) is 5.00. The third-order valence-electron chi connectivity index (χ3n) is 2.88. The first-order chi connectivity index (χ1) is 7.15. The van der Waals surface area contributed by atoms with E-state index < -0.39 is 11.5 Å². The van der Waals surface area contributed by atoms with E-state index in [9.17, 15) is 9.90 Å². The molecule has 1 aliphatic heterocycles. The minimum Gasteiger partial charge on any atom is -0.479 e. The highest BCUT2D eigenvalue weighted by molar-refractivity contribution is 5.76. The molecule has 1 N–H and O–H groups in total. The van der Waals surface area contributed by atoms with Gasteiger partial charge >= 0.3 is 5.97 Å². The first-order valence-corrected chi connectivity index (χ1v) is 5.00. The van der Waals surface area contributed by atoms with E-state index in [4.69, 9.17) is 4.74 Å². The van der Waals surface area contributed by atoms with E-state index in [1.165, 1.54) is 4.68 Å². The normalized spacial score (nSPS) is 31.4. The number of carbonyl (C=O) groups is 1. The van der Waals surface area contributed by atoms with Gasteiger partial charge in [-0.1, -0.05) is 0 Å². The summed E-state index contributed by atoms with van der Waals surface area (Å²) in [6.45, 7) is 2.35. The molecule has 82 valence electrons. The van der Waals surface area contributed by atoms with Crippen molar-refractivity contribution >= 4 is 5.97 Å². The quantitative estimate of drug-likeness (QED) is 0.786. The summed E-state index contributed by atoms with van der Waals surface area (Å²) in [4.78, 5) is 11.4. The highest BCUT2D eigenvalue weighted by Crippen LogP contribution is 2.31. The van der Waals surface area contributed by atoms with Gasteiger partial charge in [-0.05, 0) is 13.0 Å². The van der Waals surface area contributed by atoms with Crippen LogP contribution in [0, 0.1) is 0 Å². The number of ether oxygens (including phenoxy) is 1. The number of carboxylic acids is 1. The molecule has 1 saturated heterocycles. The predicted molar refractivity (Wildman–Crippen MR) is 52.5 cm³/mol. The molecule has 1 aliphatic rings. The van der Waals surface area contributed by atoms with Gasteiger partial charge < -0.3 is 9.84 Å². The van der Waals surface area contributed by atoms with Crippen molar-refractivity contribution in [1.29, 1.82) is 0 Å². The molecule has 0 aromatic carbocycles. The van der Waals surface area contributed by atoms with E-state index in [0.29, 0.717) is 19.4 Å². The molecule has 0 radical (unpaired) electrons. The predicted octanol–water partition coefficient (Wildman–Crippen LogP) is 0.862. The Morgan fingerprint density at radius 3 is 3.07 bits per heavy atom. The Bertz CT molecular complexity index is 350. The average Bonchev–Trinajstić information content (AvgIpc) is 2.70. The van der Waals surface area contributed by atoms with E-state index in [1.54, 1.807) is 18.5 Å². The van der Waals surface area contributed by atoms with Crippen LogP contribution >= 0.6 is 0 Å². The molecule has 0 spiro atoms. The monoisotopic (exact) mass is 210 g/mol. The summed E-state index contributed by atoms with van der Waals surface area (Å²) in [5.74, 6) is -0.832. The highest BCUT2D eigenvalue weighted by atomic mass is 16.5. The van der Waals surface area contributed by atoms with Gasteiger partial charge in [0.15, 0.2) is 5.54 Å². The molecular weight excluding hydrogens is 196 g/mol. The molecular formula is C10H14N2O3. The highest BCUT2D eigenvalue weighted by Gasteiger charge is 2.44. The lowest BCUT2D eigenvalue weighted by Gasteiger charge is -2.36. The van der Waals surface area contributed by atoms with Crippen molar-refractivity contribution in [2.75, 3.05) is 6.61 Å². The molecule has 2 heterocycles. The lowest BCUT2D eigenvalue weighted by Crippen LogP contribution is -2.48. The zero-order valence-electron chi connectivity index (χ0n) is 8.59. The van der Waals surface area contributed by atoms with Crippen LogP contribution < -0.4 is 0 Å². The maximum Gasteiger partial charge on any atom is 0.331 e. The molecule has 1 fully saturated rings. The van der Waals surface area contributed by atoms with Crippen molar-refractivity contribution in [2.24, 2.45) is 0 Å². The Morgan fingerprint density at radius 2 is 2.53 bits per heavy atom. The van der Waals surface area contributed by atoms with Gasteiger partial charge in [0.1, 0.15) is 0 Å². The second kappa shape index (κ2) is 3.66. The van der Waals surface area contributed by atoms with Gasteiger partial charge in [0.2, 0.25) is 0 Å². The van der Waals surface area contributed by atoms with Gasteiger partial charge in [0, 0.05) is 31.8 Å². The van der Waals surface area contributed by atoms with Crippen LogP contribution in [0.4, 0.5) is 0 Å². The van der Waals surface area contributed by atoms with Gasteiger partial charge in [0.05, 0.1) is 6.10 Å². The summed E-state index contributed by atoms with van der Waals surface area (Å²) in [6, 6.07) is 1.74. The minimum absolute atomic E-state index is 0.0425. The van der Waals surface area contributed by atoms with Crippen molar-refractivity contribution in [1.82, 2.24) is 9.78 Å². The van der Waals surface area contributed by atoms with Crippen LogP contribution in [0.2, 0.25) is 0 Å². The Balaban J connectivity index is 2.36. The van der Waals surface area contributed by atoms with Crippen LogP contribution in [0.5, 0.6) is 0 Å². The fraction of sp³-hybridized carbons (Fsp3) is 0.600. The van der Waals surface area contributed by atoms with Crippen molar-refractivity contribution < 1.29 is 14.6 Å². The van der Waals surface area contributed by atoms with Gasteiger partial charge in [-0.3, -0.25) is 4.68 Å². The van der Waals surface area contributed by atoms with Crippen LogP contribution in [0.3, 0.4) is 0 Å². The molecule has 0 bridgehead atoms. The Labute approximate surface area is 87.7 Å². The van der Waals surface area contributed by atoms with E-state index in [2.05, 4.69) is 5.10 Å². The van der Waals surface area contributed by atoms with Crippen LogP contribution in [-0.4, -0.2) is 33.6 Å². The van der Waals surface area contributed by atoms with Crippen LogP contribution in [0.25, 0.3) is 0 Å². The molecule has 0 amide bonds. The number of aliphatic carboxylic acids is 1. The molecule has 5 nitrogen and oxygen atoms in total. The molecule has 15 heavy (non-hydrogen) atoms. The van der Waals surface area contributed by atoms with Gasteiger partial charge in [-0.2, -0.15) is 5.10 Å². The van der Waals surface area contributed by atoms with E-state index >= 15 is 0 Å². The fourth-order valence-electron chi connectivity index (χ4n) is 2.09. The summed E-state index contributed by atoms with van der Waals surface area (Å²) in [7, 11) is 0.